The fourth-order valence-corrected chi connectivity index (χ4v) is 5.96. The number of hydrogen-bond acceptors (Lipinski definition) is 11. The summed E-state index contributed by atoms with van der Waals surface area (Å²) in [6.45, 7) is 7.56. The number of rotatable bonds is 12. The van der Waals surface area contributed by atoms with Gasteiger partial charge < -0.3 is 28.4 Å². The van der Waals surface area contributed by atoms with Crippen LogP contribution in [0.3, 0.4) is 0 Å². The molecule has 0 saturated heterocycles. The normalized spacial score (nSPS) is 14.4. The molecule has 234 valence electrons. The van der Waals surface area contributed by atoms with Crippen LogP contribution in [0.1, 0.15) is 44.9 Å². The Balaban J connectivity index is 1.90. The Morgan fingerprint density at radius 3 is 2.41 bits per heavy atom. The van der Waals surface area contributed by atoms with Gasteiger partial charge in [-0.25, -0.2) is 14.6 Å². The van der Waals surface area contributed by atoms with Gasteiger partial charge in [0.25, 0.3) is 5.56 Å². The number of ether oxygens (including phenoxy) is 6. The van der Waals surface area contributed by atoms with Gasteiger partial charge in [0, 0.05) is 0 Å². The standard InChI is InChI=1S/C31H33ClN2O9S/c1-7-40-22-15-19(10-11-21(22)43-16-25(35)39-6)27-26(30(37)42-9-3)17(4)33-31-34(27)29(36)24(44-31)14-18-12-20(32)28(41-8-2)23(13-18)38-5/h10-15,27H,7-9,16H2,1-6H3/b24-14-/t27-/m1/s1. The summed E-state index contributed by atoms with van der Waals surface area (Å²) in [6, 6.07) is 7.51. The van der Waals surface area contributed by atoms with Crippen LogP contribution < -0.4 is 33.8 Å². The minimum absolute atomic E-state index is 0.136. The van der Waals surface area contributed by atoms with E-state index in [1.165, 1.54) is 30.1 Å². The van der Waals surface area contributed by atoms with E-state index < -0.39 is 18.0 Å². The topological polar surface area (TPSA) is 124 Å². The van der Waals surface area contributed by atoms with E-state index >= 15 is 0 Å². The summed E-state index contributed by atoms with van der Waals surface area (Å²) in [5.41, 5.74) is 1.41. The summed E-state index contributed by atoms with van der Waals surface area (Å²) in [5.74, 6) is 0.306. The Labute approximate surface area is 262 Å². The number of nitrogens with zero attached hydrogens (tertiary/aromatic N) is 2. The highest BCUT2D eigenvalue weighted by Crippen LogP contribution is 2.38. The molecule has 11 nitrogen and oxygen atoms in total. The Hall–Kier alpha value is -4.29. The van der Waals surface area contributed by atoms with E-state index in [-0.39, 0.29) is 24.3 Å². The minimum atomic E-state index is -0.889. The number of benzene rings is 2. The number of hydrogen-bond donors (Lipinski definition) is 0. The highest BCUT2D eigenvalue weighted by atomic mass is 35.5. The Bertz CT molecular complexity index is 1780. The van der Waals surface area contributed by atoms with Crippen LogP contribution in [0.5, 0.6) is 23.0 Å². The zero-order chi connectivity index (χ0) is 32.0. The smallest absolute Gasteiger partial charge is 0.343 e. The molecule has 2 aromatic carbocycles. The quantitative estimate of drug-likeness (QED) is 0.271. The van der Waals surface area contributed by atoms with Crippen molar-refractivity contribution in [3.63, 3.8) is 0 Å². The van der Waals surface area contributed by atoms with Crippen LogP contribution in [0.15, 0.2) is 51.4 Å². The second kappa shape index (κ2) is 14.5. The fourth-order valence-electron chi connectivity index (χ4n) is 4.64. The van der Waals surface area contributed by atoms with Gasteiger partial charge in [-0.2, -0.15) is 0 Å². The molecule has 1 atom stereocenters. The van der Waals surface area contributed by atoms with Crippen molar-refractivity contribution >= 4 is 41.0 Å². The predicted octanol–water partition coefficient (Wildman–Crippen LogP) is 3.81. The molecule has 0 saturated carbocycles. The van der Waals surface area contributed by atoms with Gasteiger partial charge in [0.2, 0.25) is 0 Å². The van der Waals surface area contributed by atoms with Crippen LogP contribution in [0.25, 0.3) is 6.08 Å². The zero-order valence-electron chi connectivity index (χ0n) is 25.2. The third-order valence-corrected chi connectivity index (χ3v) is 7.78. The van der Waals surface area contributed by atoms with Gasteiger partial charge in [-0.05, 0) is 69.2 Å². The highest BCUT2D eigenvalue weighted by Gasteiger charge is 2.34. The van der Waals surface area contributed by atoms with Crippen molar-refractivity contribution in [3.05, 3.63) is 77.4 Å². The maximum Gasteiger partial charge on any atom is 0.343 e. The Morgan fingerprint density at radius 1 is 1.00 bits per heavy atom. The second-order valence-electron chi connectivity index (χ2n) is 9.27. The summed E-state index contributed by atoms with van der Waals surface area (Å²) in [4.78, 5) is 44.0. The van der Waals surface area contributed by atoms with Crippen LogP contribution in [0, 0.1) is 0 Å². The molecule has 3 aromatic rings. The van der Waals surface area contributed by atoms with Crippen LogP contribution in [0.2, 0.25) is 5.02 Å². The van der Waals surface area contributed by atoms with Crippen molar-refractivity contribution in [1.82, 2.24) is 4.57 Å². The zero-order valence-corrected chi connectivity index (χ0v) is 26.8. The summed E-state index contributed by atoms with van der Waals surface area (Å²) in [7, 11) is 2.77. The molecule has 0 N–H and O–H groups in total. The first kappa shape index (κ1) is 32.6. The van der Waals surface area contributed by atoms with Crippen molar-refractivity contribution in [2.45, 2.75) is 33.7 Å². The highest BCUT2D eigenvalue weighted by molar-refractivity contribution is 7.07. The van der Waals surface area contributed by atoms with Gasteiger partial charge in [0.1, 0.15) is 0 Å². The van der Waals surface area contributed by atoms with E-state index in [0.29, 0.717) is 67.4 Å². The van der Waals surface area contributed by atoms with Gasteiger partial charge in [-0.1, -0.05) is 29.0 Å². The van der Waals surface area contributed by atoms with Gasteiger partial charge in [-0.15, -0.1) is 0 Å². The molecule has 1 aromatic heterocycles. The van der Waals surface area contributed by atoms with Crippen LogP contribution in [-0.2, 0) is 19.1 Å². The molecule has 0 unspecified atom stereocenters. The van der Waals surface area contributed by atoms with Gasteiger partial charge >= 0.3 is 11.9 Å². The summed E-state index contributed by atoms with van der Waals surface area (Å²) in [6.07, 6.45) is 1.68. The molecular weight excluding hydrogens is 612 g/mol. The lowest BCUT2D eigenvalue weighted by atomic mass is 9.95. The van der Waals surface area contributed by atoms with Crippen molar-refractivity contribution in [2.75, 3.05) is 40.6 Å². The first-order valence-corrected chi connectivity index (χ1v) is 15.0. The van der Waals surface area contributed by atoms with Crippen molar-refractivity contribution in [3.8, 4) is 23.0 Å². The molecule has 0 fully saturated rings. The average Bonchev–Trinajstić information content (AvgIpc) is 3.30. The van der Waals surface area contributed by atoms with Crippen LogP contribution in [-0.4, -0.2) is 57.2 Å². The lowest BCUT2D eigenvalue weighted by molar-refractivity contribution is -0.143. The largest absolute Gasteiger partial charge is 0.493 e. The fraction of sp³-hybridized carbons (Fsp3) is 0.355. The lowest BCUT2D eigenvalue weighted by Crippen LogP contribution is -2.40. The lowest BCUT2D eigenvalue weighted by Gasteiger charge is -2.25. The van der Waals surface area contributed by atoms with Gasteiger partial charge in [-0.3, -0.25) is 9.36 Å². The van der Waals surface area contributed by atoms with E-state index in [4.69, 9.17) is 35.3 Å². The molecule has 0 bridgehead atoms. The summed E-state index contributed by atoms with van der Waals surface area (Å²) < 4.78 is 34.4. The molecular formula is C31H33ClN2O9S. The molecule has 0 spiro atoms. The number of methoxy groups -OCH3 is 2. The molecule has 44 heavy (non-hydrogen) atoms. The van der Waals surface area contributed by atoms with Crippen molar-refractivity contribution < 1.29 is 38.0 Å². The molecule has 13 heteroatoms. The average molecular weight is 645 g/mol. The van der Waals surface area contributed by atoms with E-state index in [1.807, 2.05) is 6.92 Å². The van der Waals surface area contributed by atoms with Crippen molar-refractivity contribution in [1.29, 1.82) is 0 Å². The molecule has 1 aliphatic heterocycles. The number of fused-ring (bicyclic) bond motifs is 1. The first-order chi connectivity index (χ1) is 21.2. The maximum absolute atomic E-state index is 14.0. The van der Waals surface area contributed by atoms with Crippen molar-refractivity contribution in [2.24, 2.45) is 4.99 Å². The number of aromatic nitrogens is 1. The number of thiazole rings is 1. The molecule has 2 heterocycles. The first-order valence-electron chi connectivity index (χ1n) is 13.8. The molecule has 0 amide bonds. The van der Waals surface area contributed by atoms with E-state index in [0.717, 1.165) is 0 Å². The maximum atomic E-state index is 14.0. The predicted molar refractivity (Wildman–Crippen MR) is 165 cm³/mol. The summed E-state index contributed by atoms with van der Waals surface area (Å²) in [5, 5.41) is 0.335. The van der Waals surface area contributed by atoms with E-state index in [1.54, 1.807) is 57.2 Å². The number of allylic oxidation sites excluding steroid dienone is 1. The third-order valence-electron chi connectivity index (χ3n) is 6.51. The monoisotopic (exact) mass is 644 g/mol. The number of carbonyl (C=O) groups is 2. The number of carbonyl (C=O) groups excluding carboxylic acids is 2. The molecule has 1 aliphatic rings. The van der Waals surface area contributed by atoms with Gasteiger partial charge in [0.05, 0.1) is 60.9 Å². The molecule has 0 radical (unpaired) electrons. The van der Waals surface area contributed by atoms with Gasteiger partial charge in [0.15, 0.2) is 34.4 Å². The van der Waals surface area contributed by atoms with Crippen LogP contribution in [0.4, 0.5) is 0 Å². The minimum Gasteiger partial charge on any atom is -0.493 e. The van der Waals surface area contributed by atoms with Crippen LogP contribution >= 0.6 is 22.9 Å². The second-order valence-corrected chi connectivity index (χ2v) is 10.7. The Kier molecular flexibility index (Phi) is 10.7. The number of halogens is 1. The molecule has 4 rings (SSSR count). The van der Waals surface area contributed by atoms with E-state index in [9.17, 15) is 14.4 Å². The SMILES string of the molecule is CCOC(=O)C1=C(C)N=c2s/c(=C\c3cc(Cl)c(OCC)c(OC)c3)c(=O)n2[C@@H]1c1ccc(OCC(=O)OC)c(OCC)c1. The van der Waals surface area contributed by atoms with E-state index in [2.05, 4.69) is 9.73 Å². The summed E-state index contributed by atoms with van der Waals surface area (Å²) >= 11 is 7.65. The Morgan fingerprint density at radius 2 is 1.75 bits per heavy atom. The number of esters is 2. The third kappa shape index (κ3) is 6.76. The molecule has 0 aliphatic carbocycles.